The average Bonchev–Trinajstić information content (AvgIpc) is 2.85. The van der Waals surface area contributed by atoms with Crippen molar-refractivity contribution < 1.29 is 13.2 Å². The van der Waals surface area contributed by atoms with E-state index in [2.05, 4.69) is 0 Å². The Balaban J connectivity index is 1.83. The van der Waals surface area contributed by atoms with Gasteiger partial charge in [-0.15, -0.1) is 0 Å². The molecule has 4 nitrogen and oxygen atoms in total. The first kappa shape index (κ1) is 18.7. The molecule has 0 bridgehead atoms. The van der Waals surface area contributed by atoms with Crippen molar-refractivity contribution in [2.24, 2.45) is 0 Å². The van der Waals surface area contributed by atoms with Crippen molar-refractivity contribution in [1.82, 2.24) is 4.31 Å². The molecule has 0 aromatic heterocycles. The van der Waals surface area contributed by atoms with E-state index in [1.165, 1.54) is 12.1 Å². The maximum atomic E-state index is 13.3. The van der Waals surface area contributed by atoms with E-state index in [1.807, 2.05) is 54.6 Å². The van der Waals surface area contributed by atoms with Crippen molar-refractivity contribution in [1.29, 1.82) is 0 Å². The van der Waals surface area contributed by atoms with Crippen LogP contribution in [-0.4, -0.2) is 25.2 Å². The molecule has 3 aromatic carbocycles. The third kappa shape index (κ3) is 3.43. The third-order valence-corrected chi connectivity index (χ3v) is 7.00. The third-order valence-electron chi connectivity index (χ3n) is 4.98. The van der Waals surface area contributed by atoms with E-state index in [0.717, 1.165) is 21.0 Å². The van der Waals surface area contributed by atoms with Crippen molar-refractivity contribution in [2.75, 3.05) is 6.54 Å². The maximum absolute atomic E-state index is 13.3. The van der Waals surface area contributed by atoms with Crippen LogP contribution in [0, 0.1) is 0 Å². The van der Waals surface area contributed by atoms with Crippen LogP contribution < -0.4 is 0 Å². The molecule has 1 unspecified atom stereocenters. The number of sulfonamides is 1. The molecule has 1 aliphatic heterocycles. The van der Waals surface area contributed by atoms with Gasteiger partial charge in [-0.3, -0.25) is 4.79 Å². The molecule has 0 saturated heterocycles. The number of benzene rings is 3. The van der Waals surface area contributed by atoms with Crippen molar-refractivity contribution in [2.45, 2.75) is 17.2 Å². The number of carbonyl (C=O) groups is 1. The Morgan fingerprint density at radius 3 is 2.36 bits per heavy atom. The monoisotopic (exact) mass is 411 g/mol. The van der Waals surface area contributed by atoms with Gasteiger partial charge in [0.15, 0.2) is 0 Å². The zero-order valence-electron chi connectivity index (χ0n) is 15.0. The second-order valence-electron chi connectivity index (χ2n) is 6.73. The fourth-order valence-electron chi connectivity index (χ4n) is 3.61. The summed E-state index contributed by atoms with van der Waals surface area (Å²) in [6.45, 7) is 0.0503. The summed E-state index contributed by atoms with van der Waals surface area (Å²) in [5.41, 5.74) is 2.80. The minimum atomic E-state index is -4.02. The lowest BCUT2D eigenvalue weighted by Gasteiger charge is -2.25. The van der Waals surface area contributed by atoms with Gasteiger partial charge in [0.1, 0.15) is 0 Å². The van der Waals surface area contributed by atoms with Gasteiger partial charge in [0, 0.05) is 17.5 Å². The van der Waals surface area contributed by atoms with Crippen molar-refractivity contribution in [3.63, 3.8) is 0 Å². The van der Waals surface area contributed by atoms with E-state index in [9.17, 15) is 13.2 Å². The molecular formula is C22H18ClNO3S. The Labute approximate surface area is 169 Å². The van der Waals surface area contributed by atoms with Gasteiger partial charge >= 0.3 is 0 Å². The highest BCUT2D eigenvalue weighted by Gasteiger charge is 2.36. The van der Waals surface area contributed by atoms with Crippen LogP contribution in [0.4, 0.5) is 0 Å². The molecule has 1 aliphatic rings. The molecular weight excluding hydrogens is 394 g/mol. The number of hydrogen-bond acceptors (Lipinski definition) is 3. The quantitative estimate of drug-likeness (QED) is 0.647. The molecule has 0 aliphatic carbocycles. The highest BCUT2D eigenvalue weighted by atomic mass is 35.5. The zero-order chi connectivity index (χ0) is 19.7. The van der Waals surface area contributed by atoms with E-state index in [-0.39, 0.29) is 23.8 Å². The van der Waals surface area contributed by atoms with Crippen molar-refractivity contribution in [3.8, 4) is 0 Å². The van der Waals surface area contributed by atoms with Gasteiger partial charge in [-0.05, 0) is 34.9 Å². The highest BCUT2D eigenvalue weighted by molar-refractivity contribution is 7.89. The van der Waals surface area contributed by atoms with Crippen LogP contribution in [0.3, 0.4) is 0 Å². The van der Waals surface area contributed by atoms with Gasteiger partial charge in [-0.1, -0.05) is 72.3 Å². The lowest BCUT2D eigenvalue weighted by atomic mass is 9.88. The average molecular weight is 412 g/mol. The SMILES string of the molecule is O=C1Cc2ccccc2C(c2ccccc2)CN1S(=O)(=O)c1cccc(Cl)c1. The Hall–Kier alpha value is -2.63. The summed E-state index contributed by atoms with van der Waals surface area (Å²) < 4.78 is 27.6. The number of carbonyl (C=O) groups excluding carboxylic acids is 1. The summed E-state index contributed by atoms with van der Waals surface area (Å²) >= 11 is 5.99. The molecule has 0 radical (unpaired) electrons. The van der Waals surface area contributed by atoms with Crippen molar-refractivity contribution in [3.05, 3.63) is 101 Å². The predicted molar refractivity (Wildman–Crippen MR) is 109 cm³/mol. The molecule has 1 atom stereocenters. The minimum Gasteiger partial charge on any atom is -0.273 e. The number of amides is 1. The molecule has 1 amide bonds. The largest absolute Gasteiger partial charge is 0.273 e. The molecule has 0 N–H and O–H groups in total. The Bertz CT molecular complexity index is 1130. The molecule has 28 heavy (non-hydrogen) atoms. The molecule has 3 aromatic rings. The molecule has 142 valence electrons. The summed E-state index contributed by atoms with van der Waals surface area (Å²) in [6.07, 6.45) is 0.0410. The molecule has 1 heterocycles. The number of nitrogens with zero attached hydrogens (tertiary/aromatic N) is 1. The van der Waals surface area contributed by atoms with Gasteiger partial charge in [-0.2, -0.15) is 0 Å². The summed E-state index contributed by atoms with van der Waals surface area (Å²) in [5, 5.41) is 0.311. The van der Waals surface area contributed by atoms with Crippen LogP contribution in [-0.2, 0) is 21.2 Å². The maximum Gasteiger partial charge on any atom is 0.266 e. The smallest absolute Gasteiger partial charge is 0.266 e. The molecule has 4 rings (SSSR count). The first-order chi connectivity index (χ1) is 13.5. The van der Waals surface area contributed by atoms with E-state index >= 15 is 0 Å². The first-order valence-electron chi connectivity index (χ1n) is 8.91. The van der Waals surface area contributed by atoms with E-state index < -0.39 is 15.9 Å². The van der Waals surface area contributed by atoms with Gasteiger partial charge in [-0.25, -0.2) is 12.7 Å². The number of hydrogen-bond donors (Lipinski definition) is 0. The van der Waals surface area contributed by atoms with Crippen LogP contribution in [0.25, 0.3) is 0 Å². The molecule has 6 heteroatoms. The van der Waals surface area contributed by atoms with E-state index in [4.69, 9.17) is 11.6 Å². The Morgan fingerprint density at radius 1 is 0.893 bits per heavy atom. The fourth-order valence-corrected chi connectivity index (χ4v) is 5.32. The van der Waals surface area contributed by atoms with Crippen LogP contribution >= 0.6 is 11.6 Å². The molecule has 0 spiro atoms. The summed E-state index contributed by atoms with van der Waals surface area (Å²) in [5.74, 6) is -0.677. The van der Waals surface area contributed by atoms with Gasteiger partial charge in [0.2, 0.25) is 5.91 Å². The Kier molecular flexibility index (Phi) is 4.96. The van der Waals surface area contributed by atoms with Crippen molar-refractivity contribution >= 4 is 27.5 Å². The van der Waals surface area contributed by atoms with E-state index in [1.54, 1.807) is 12.1 Å². The predicted octanol–water partition coefficient (Wildman–Crippen LogP) is 4.25. The van der Waals surface area contributed by atoms with Crippen LogP contribution in [0.1, 0.15) is 22.6 Å². The van der Waals surface area contributed by atoms with Crippen LogP contribution in [0.5, 0.6) is 0 Å². The van der Waals surface area contributed by atoms with Gasteiger partial charge < -0.3 is 0 Å². The number of rotatable bonds is 3. The summed E-state index contributed by atoms with van der Waals surface area (Å²) in [6, 6.07) is 23.3. The van der Waals surface area contributed by atoms with Gasteiger partial charge in [0.05, 0.1) is 11.3 Å². The standard InChI is InChI=1S/C22H18ClNO3S/c23-18-10-6-11-19(14-18)28(26,27)24-15-21(16-7-2-1-3-8-16)20-12-5-4-9-17(20)13-22(24)25/h1-12,14,21H,13,15H2. The topological polar surface area (TPSA) is 54.5 Å². The van der Waals surface area contributed by atoms with E-state index in [0.29, 0.717) is 5.02 Å². The van der Waals surface area contributed by atoms with Crippen LogP contribution in [0.15, 0.2) is 83.8 Å². The lowest BCUT2D eigenvalue weighted by molar-refractivity contribution is -0.125. The summed E-state index contributed by atoms with van der Waals surface area (Å²) in [7, 11) is -4.02. The number of fused-ring (bicyclic) bond motifs is 1. The number of halogens is 1. The first-order valence-corrected chi connectivity index (χ1v) is 10.7. The second kappa shape index (κ2) is 7.41. The summed E-state index contributed by atoms with van der Waals surface area (Å²) in [4.78, 5) is 13.0. The normalized spacial score (nSPS) is 17.1. The molecule has 0 fully saturated rings. The van der Waals surface area contributed by atoms with Crippen LogP contribution in [0.2, 0.25) is 5.02 Å². The Morgan fingerprint density at radius 2 is 1.61 bits per heavy atom. The second-order valence-corrected chi connectivity index (χ2v) is 9.02. The fraction of sp³-hybridized carbons (Fsp3) is 0.136. The highest BCUT2D eigenvalue weighted by Crippen LogP contribution is 2.34. The molecule has 0 saturated carbocycles. The van der Waals surface area contributed by atoms with Gasteiger partial charge in [0.25, 0.3) is 10.0 Å². The minimum absolute atomic E-state index is 0.0196. The zero-order valence-corrected chi connectivity index (χ0v) is 16.5. The lowest BCUT2D eigenvalue weighted by Crippen LogP contribution is -2.39.